The summed E-state index contributed by atoms with van der Waals surface area (Å²) < 4.78 is 5.22. The lowest BCUT2D eigenvalue weighted by atomic mass is 10.0. The molecule has 1 fully saturated rings. The molecular weight excluding hydrogens is 296 g/mol. The lowest BCUT2D eigenvalue weighted by Crippen LogP contribution is -2.22. The van der Waals surface area contributed by atoms with Crippen molar-refractivity contribution in [2.75, 3.05) is 13.1 Å². The predicted octanol–water partition coefficient (Wildman–Crippen LogP) is 1.72. The third kappa shape index (κ3) is 3.60. The summed E-state index contributed by atoms with van der Waals surface area (Å²) in [6.07, 6.45) is 0.191. The zero-order chi connectivity index (χ0) is 16.4. The van der Waals surface area contributed by atoms with Crippen molar-refractivity contribution in [3.05, 3.63) is 52.9 Å². The normalized spacial score (nSPS) is 21.7. The van der Waals surface area contributed by atoms with Gasteiger partial charge in [0.15, 0.2) is 0 Å². The number of benzene rings is 1. The van der Waals surface area contributed by atoms with E-state index in [0.29, 0.717) is 31.6 Å². The number of nitrogens with zero attached hydrogens (tertiary/aromatic N) is 2. The SMILES string of the molecule is Cc1cc(C[C@@H]2CN(Cc3ccccc3C(=O)O)C[C@@H]2O)on1. The summed E-state index contributed by atoms with van der Waals surface area (Å²) >= 11 is 0. The molecule has 6 nitrogen and oxygen atoms in total. The molecule has 0 bridgehead atoms. The van der Waals surface area contributed by atoms with Crippen LogP contribution in [0.4, 0.5) is 0 Å². The van der Waals surface area contributed by atoms with Gasteiger partial charge in [-0.15, -0.1) is 0 Å². The highest BCUT2D eigenvalue weighted by Crippen LogP contribution is 2.24. The summed E-state index contributed by atoms with van der Waals surface area (Å²) in [5, 5.41) is 23.4. The van der Waals surface area contributed by atoms with Crippen molar-refractivity contribution in [2.45, 2.75) is 26.0 Å². The maximum absolute atomic E-state index is 11.3. The number of aliphatic hydroxyl groups is 1. The molecule has 1 aromatic heterocycles. The Balaban J connectivity index is 1.66. The van der Waals surface area contributed by atoms with Gasteiger partial charge >= 0.3 is 5.97 Å². The van der Waals surface area contributed by atoms with Gasteiger partial charge in [-0.1, -0.05) is 23.4 Å². The average Bonchev–Trinajstić information content (AvgIpc) is 3.06. The lowest BCUT2D eigenvalue weighted by Gasteiger charge is -2.16. The third-order valence-electron chi connectivity index (χ3n) is 4.26. The predicted molar refractivity (Wildman–Crippen MR) is 83.1 cm³/mol. The van der Waals surface area contributed by atoms with Crippen molar-refractivity contribution in [3.63, 3.8) is 0 Å². The third-order valence-corrected chi connectivity index (χ3v) is 4.26. The van der Waals surface area contributed by atoms with Crippen molar-refractivity contribution in [1.29, 1.82) is 0 Å². The van der Waals surface area contributed by atoms with E-state index in [4.69, 9.17) is 4.52 Å². The molecule has 1 aliphatic rings. The topological polar surface area (TPSA) is 86.8 Å². The number of aryl methyl sites for hydroxylation is 1. The number of hydrogen-bond donors (Lipinski definition) is 2. The molecule has 0 radical (unpaired) electrons. The van der Waals surface area contributed by atoms with Crippen LogP contribution in [0.3, 0.4) is 0 Å². The number of likely N-dealkylation sites (tertiary alicyclic amines) is 1. The largest absolute Gasteiger partial charge is 0.478 e. The molecule has 3 rings (SSSR count). The Labute approximate surface area is 134 Å². The van der Waals surface area contributed by atoms with Gasteiger partial charge in [0, 0.05) is 38.0 Å². The van der Waals surface area contributed by atoms with Crippen LogP contribution in [0.2, 0.25) is 0 Å². The van der Waals surface area contributed by atoms with E-state index in [1.807, 2.05) is 25.1 Å². The Kier molecular flexibility index (Phi) is 4.45. The van der Waals surface area contributed by atoms with Gasteiger partial charge in [-0.25, -0.2) is 4.79 Å². The van der Waals surface area contributed by atoms with Crippen molar-refractivity contribution in [3.8, 4) is 0 Å². The molecule has 0 spiro atoms. The molecule has 1 aliphatic heterocycles. The molecule has 1 aromatic carbocycles. The zero-order valence-corrected chi connectivity index (χ0v) is 13.0. The fourth-order valence-corrected chi connectivity index (χ4v) is 3.15. The first kappa shape index (κ1) is 15.7. The van der Waals surface area contributed by atoms with Crippen LogP contribution < -0.4 is 0 Å². The molecule has 2 atom stereocenters. The second-order valence-electron chi connectivity index (χ2n) is 6.12. The fraction of sp³-hybridized carbons (Fsp3) is 0.412. The molecule has 0 unspecified atom stereocenters. The number of aromatic carboxylic acids is 1. The van der Waals surface area contributed by atoms with Gasteiger partial charge in [0.2, 0.25) is 0 Å². The quantitative estimate of drug-likeness (QED) is 0.873. The van der Waals surface area contributed by atoms with Gasteiger partial charge < -0.3 is 14.7 Å². The minimum atomic E-state index is -0.922. The molecule has 0 aliphatic carbocycles. The highest BCUT2D eigenvalue weighted by Gasteiger charge is 2.32. The van der Waals surface area contributed by atoms with Crippen LogP contribution in [0, 0.1) is 12.8 Å². The number of aliphatic hydroxyl groups excluding tert-OH is 1. The molecule has 0 amide bonds. The Hall–Kier alpha value is -2.18. The van der Waals surface area contributed by atoms with Gasteiger partial charge in [-0.3, -0.25) is 4.90 Å². The second kappa shape index (κ2) is 6.52. The summed E-state index contributed by atoms with van der Waals surface area (Å²) in [6.45, 7) is 3.62. The first-order valence-corrected chi connectivity index (χ1v) is 7.66. The minimum Gasteiger partial charge on any atom is -0.478 e. The molecule has 6 heteroatoms. The molecule has 1 saturated heterocycles. The van der Waals surface area contributed by atoms with Crippen LogP contribution in [0.15, 0.2) is 34.9 Å². The van der Waals surface area contributed by atoms with Crippen LogP contribution in [-0.2, 0) is 13.0 Å². The minimum absolute atomic E-state index is 0.0688. The van der Waals surface area contributed by atoms with E-state index >= 15 is 0 Å². The van der Waals surface area contributed by atoms with Crippen LogP contribution in [0.5, 0.6) is 0 Å². The second-order valence-corrected chi connectivity index (χ2v) is 6.12. The Morgan fingerprint density at radius 3 is 2.87 bits per heavy atom. The van der Waals surface area contributed by atoms with E-state index in [9.17, 15) is 15.0 Å². The first-order valence-electron chi connectivity index (χ1n) is 7.66. The summed E-state index contributed by atoms with van der Waals surface area (Å²) in [4.78, 5) is 13.4. The van der Waals surface area contributed by atoms with E-state index in [-0.39, 0.29) is 5.92 Å². The maximum atomic E-state index is 11.3. The summed E-state index contributed by atoms with van der Waals surface area (Å²) in [7, 11) is 0. The van der Waals surface area contributed by atoms with Crippen molar-refractivity contribution in [1.82, 2.24) is 10.1 Å². The first-order chi connectivity index (χ1) is 11.0. The average molecular weight is 316 g/mol. The van der Waals surface area contributed by atoms with Crippen molar-refractivity contribution in [2.24, 2.45) is 5.92 Å². The smallest absolute Gasteiger partial charge is 0.336 e. The number of rotatable bonds is 5. The molecule has 2 N–H and O–H groups in total. The van der Waals surface area contributed by atoms with Gasteiger partial charge in [0.1, 0.15) is 5.76 Å². The van der Waals surface area contributed by atoms with Crippen LogP contribution in [0.1, 0.15) is 27.4 Å². The number of hydrogen-bond acceptors (Lipinski definition) is 5. The molecule has 23 heavy (non-hydrogen) atoms. The highest BCUT2D eigenvalue weighted by molar-refractivity contribution is 5.89. The summed E-state index contributed by atoms with van der Waals surface area (Å²) in [5.74, 6) is -0.0762. The fourth-order valence-electron chi connectivity index (χ4n) is 3.15. The Morgan fingerprint density at radius 1 is 1.39 bits per heavy atom. The van der Waals surface area contributed by atoms with Crippen LogP contribution >= 0.6 is 0 Å². The zero-order valence-electron chi connectivity index (χ0n) is 13.0. The van der Waals surface area contributed by atoms with Gasteiger partial charge in [0.25, 0.3) is 0 Å². The molecule has 122 valence electrons. The van der Waals surface area contributed by atoms with E-state index in [1.54, 1.807) is 12.1 Å². The van der Waals surface area contributed by atoms with Gasteiger partial charge in [-0.2, -0.15) is 0 Å². The number of β-amino-alcohol motifs (C(OH)–C–C–N with tert-alkyl or cyclic N) is 1. The Bertz CT molecular complexity index is 697. The molecule has 0 saturated carbocycles. The number of carboxylic acid groups (broad SMARTS) is 1. The monoisotopic (exact) mass is 316 g/mol. The van der Waals surface area contributed by atoms with Crippen LogP contribution in [0.25, 0.3) is 0 Å². The van der Waals surface area contributed by atoms with Crippen molar-refractivity contribution >= 4 is 5.97 Å². The standard InChI is InChI=1S/C17H20N2O4/c1-11-6-14(23-18-11)7-13-9-19(10-16(13)20)8-12-4-2-3-5-15(12)17(21)22/h2-6,13,16,20H,7-10H2,1H3,(H,21,22)/t13-,16+/m1/s1. The van der Waals surface area contributed by atoms with Gasteiger partial charge in [-0.05, 0) is 18.6 Å². The Morgan fingerprint density at radius 2 is 2.17 bits per heavy atom. The van der Waals surface area contributed by atoms with E-state index in [0.717, 1.165) is 17.0 Å². The van der Waals surface area contributed by atoms with Gasteiger partial charge in [0.05, 0.1) is 17.4 Å². The summed E-state index contributed by atoms with van der Waals surface area (Å²) in [6, 6.07) is 8.88. The number of aromatic nitrogens is 1. The van der Waals surface area contributed by atoms with Crippen LogP contribution in [-0.4, -0.2) is 45.4 Å². The van der Waals surface area contributed by atoms with E-state index in [1.165, 1.54) is 0 Å². The highest BCUT2D eigenvalue weighted by atomic mass is 16.5. The van der Waals surface area contributed by atoms with E-state index < -0.39 is 12.1 Å². The molecule has 2 heterocycles. The number of carboxylic acids is 1. The van der Waals surface area contributed by atoms with E-state index in [2.05, 4.69) is 10.1 Å². The number of carbonyl (C=O) groups is 1. The molecular formula is C17H20N2O4. The lowest BCUT2D eigenvalue weighted by molar-refractivity contribution is 0.0694. The van der Waals surface area contributed by atoms with Crippen molar-refractivity contribution < 1.29 is 19.5 Å². The molecule has 2 aromatic rings. The maximum Gasteiger partial charge on any atom is 0.336 e. The summed E-state index contributed by atoms with van der Waals surface area (Å²) in [5.41, 5.74) is 1.92.